The molecular weight excluding hydrogens is 181 g/mol. The maximum atomic E-state index is 12.9. The zero-order chi connectivity index (χ0) is 9.60. The molecule has 1 fully saturated rings. The monoisotopic (exact) mass is 193 g/mol. The number of hydrogen-bond donors (Lipinski definition) is 1. The minimum atomic E-state index is -0.216. The van der Waals surface area contributed by atoms with E-state index < -0.39 is 0 Å². The zero-order valence-electron chi connectivity index (χ0n) is 7.85. The van der Waals surface area contributed by atoms with Crippen molar-refractivity contribution in [2.24, 2.45) is 5.41 Å². The Hall–Kier alpha value is -1.25. The maximum Gasteiger partial charge on any atom is 0.142 e. The lowest BCUT2D eigenvalue weighted by Crippen LogP contribution is -2.18. The summed E-state index contributed by atoms with van der Waals surface area (Å²) in [5.41, 5.74) is 1.11. The van der Waals surface area contributed by atoms with Crippen LogP contribution in [-0.2, 0) is 0 Å². The molecule has 1 aliphatic carbocycles. The van der Waals surface area contributed by atoms with Crippen molar-refractivity contribution in [3.63, 3.8) is 0 Å². The van der Waals surface area contributed by atoms with Gasteiger partial charge in [-0.1, -0.05) is 0 Å². The summed E-state index contributed by atoms with van der Waals surface area (Å²) in [5.74, 6) is 0.557. The number of anilines is 1. The van der Waals surface area contributed by atoms with Crippen molar-refractivity contribution >= 4 is 5.69 Å². The molecule has 0 saturated heterocycles. The summed E-state index contributed by atoms with van der Waals surface area (Å²) in [4.78, 5) is 0. The van der Waals surface area contributed by atoms with E-state index in [-0.39, 0.29) is 5.82 Å². The van der Waals surface area contributed by atoms with E-state index in [0.29, 0.717) is 5.41 Å². The SMILES string of the molecule is Fc1ccc2c(c1)NCC1(CC1)CO2. The highest BCUT2D eigenvalue weighted by atomic mass is 19.1. The molecule has 0 amide bonds. The van der Waals surface area contributed by atoms with Crippen molar-refractivity contribution in [1.29, 1.82) is 0 Å². The van der Waals surface area contributed by atoms with Crippen LogP contribution < -0.4 is 10.1 Å². The minimum Gasteiger partial charge on any atom is -0.491 e. The van der Waals surface area contributed by atoms with Crippen molar-refractivity contribution in [2.45, 2.75) is 12.8 Å². The molecule has 0 atom stereocenters. The van der Waals surface area contributed by atoms with Crippen molar-refractivity contribution < 1.29 is 9.13 Å². The van der Waals surface area contributed by atoms with E-state index in [1.165, 1.54) is 25.0 Å². The van der Waals surface area contributed by atoms with E-state index in [1.807, 2.05) is 0 Å². The van der Waals surface area contributed by atoms with Crippen LogP contribution in [0.1, 0.15) is 12.8 Å². The highest BCUT2D eigenvalue weighted by Crippen LogP contribution is 2.48. The van der Waals surface area contributed by atoms with Gasteiger partial charge in [0.15, 0.2) is 0 Å². The Labute approximate surface area is 82.1 Å². The number of ether oxygens (including phenoxy) is 1. The summed E-state index contributed by atoms with van der Waals surface area (Å²) < 4.78 is 18.6. The van der Waals surface area contributed by atoms with Crippen molar-refractivity contribution in [3.05, 3.63) is 24.0 Å². The molecule has 0 aromatic heterocycles. The number of rotatable bonds is 0. The first-order chi connectivity index (χ1) is 6.77. The van der Waals surface area contributed by atoms with Gasteiger partial charge in [0.05, 0.1) is 12.3 Å². The Balaban J connectivity index is 1.93. The van der Waals surface area contributed by atoms with Crippen LogP contribution in [0.3, 0.4) is 0 Å². The molecule has 0 bridgehead atoms. The predicted molar refractivity (Wildman–Crippen MR) is 52.1 cm³/mol. The zero-order valence-corrected chi connectivity index (χ0v) is 7.85. The standard InChI is InChI=1S/C11H12FNO/c12-8-1-2-10-9(5-8)13-6-11(3-4-11)7-14-10/h1-2,5,13H,3-4,6-7H2. The third-order valence-corrected chi connectivity index (χ3v) is 3.09. The number of benzene rings is 1. The Morgan fingerprint density at radius 3 is 3.00 bits per heavy atom. The molecule has 2 nitrogen and oxygen atoms in total. The first-order valence-electron chi connectivity index (χ1n) is 4.94. The third-order valence-electron chi connectivity index (χ3n) is 3.09. The lowest BCUT2D eigenvalue weighted by molar-refractivity contribution is 0.251. The van der Waals surface area contributed by atoms with Gasteiger partial charge < -0.3 is 10.1 Å². The summed E-state index contributed by atoms with van der Waals surface area (Å²) in [6.07, 6.45) is 2.44. The number of hydrogen-bond acceptors (Lipinski definition) is 2. The first kappa shape index (κ1) is 8.09. The van der Waals surface area contributed by atoms with Gasteiger partial charge in [-0.3, -0.25) is 0 Å². The molecular formula is C11H12FNO. The van der Waals surface area contributed by atoms with Crippen LogP contribution in [0.15, 0.2) is 18.2 Å². The van der Waals surface area contributed by atoms with Crippen LogP contribution in [0.2, 0.25) is 0 Å². The van der Waals surface area contributed by atoms with E-state index in [4.69, 9.17) is 4.74 Å². The quantitative estimate of drug-likeness (QED) is 0.683. The van der Waals surface area contributed by atoms with Gasteiger partial charge in [0.1, 0.15) is 11.6 Å². The van der Waals surface area contributed by atoms with Crippen LogP contribution in [0.5, 0.6) is 5.75 Å². The molecule has 3 rings (SSSR count). The van der Waals surface area contributed by atoms with Gasteiger partial charge in [-0.2, -0.15) is 0 Å². The normalized spacial score (nSPS) is 21.8. The van der Waals surface area contributed by atoms with Crippen LogP contribution in [0.4, 0.5) is 10.1 Å². The van der Waals surface area contributed by atoms with Gasteiger partial charge >= 0.3 is 0 Å². The summed E-state index contributed by atoms with van der Waals surface area (Å²) in [6, 6.07) is 4.63. The molecule has 14 heavy (non-hydrogen) atoms. The number of fused-ring (bicyclic) bond motifs is 1. The summed E-state index contributed by atoms with van der Waals surface area (Å²) in [5, 5.41) is 3.25. The molecule has 1 N–H and O–H groups in total. The van der Waals surface area contributed by atoms with E-state index in [1.54, 1.807) is 6.07 Å². The third kappa shape index (κ3) is 1.24. The van der Waals surface area contributed by atoms with Crippen molar-refractivity contribution in [3.8, 4) is 5.75 Å². The van der Waals surface area contributed by atoms with Gasteiger partial charge in [-0.15, -0.1) is 0 Å². The van der Waals surface area contributed by atoms with Gasteiger partial charge in [0.25, 0.3) is 0 Å². The Bertz CT molecular complexity index is 374. The van der Waals surface area contributed by atoms with Crippen LogP contribution in [0.25, 0.3) is 0 Å². The molecule has 2 aliphatic rings. The molecule has 1 aromatic rings. The smallest absolute Gasteiger partial charge is 0.142 e. The Morgan fingerprint density at radius 2 is 2.21 bits per heavy atom. The van der Waals surface area contributed by atoms with Crippen molar-refractivity contribution in [1.82, 2.24) is 0 Å². The molecule has 1 saturated carbocycles. The number of nitrogens with one attached hydrogen (secondary N) is 1. The van der Waals surface area contributed by atoms with Gasteiger partial charge in [-0.05, 0) is 25.0 Å². The second-order valence-corrected chi connectivity index (χ2v) is 4.28. The molecule has 1 spiro atoms. The minimum absolute atomic E-state index is 0.216. The van der Waals surface area contributed by atoms with Gasteiger partial charge in [0.2, 0.25) is 0 Å². The topological polar surface area (TPSA) is 21.3 Å². The second-order valence-electron chi connectivity index (χ2n) is 4.28. The van der Waals surface area contributed by atoms with E-state index in [0.717, 1.165) is 24.6 Å². The largest absolute Gasteiger partial charge is 0.491 e. The molecule has 0 radical (unpaired) electrons. The van der Waals surface area contributed by atoms with Crippen LogP contribution in [-0.4, -0.2) is 13.2 Å². The molecule has 0 unspecified atom stereocenters. The van der Waals surface area contributed by atoms with E-state index in [2.05, 4.69) is 5.32 Å². The summed E-state index contributed by atoms with van der Waals surface area (Å²) in [7, 11) is 0. The average molecular weight is 193 g/mol. The van der Waals surface area contributed by atoms with Crippen molar-refractivity contribution in [2.75, 3.05) is 18.5 Å². The van der Waals surface area contributed by atoms with Gasteiger partial charge in [-0.25, -0.2) is 4.39 Å². The summed E-state index contributed by atoms with van der Waals surface area (Å²) in [6.45, 7) is 1.67. The van der Waals surface area contributed by atoms with E-state index in [9.17, 15) is 4.39 Å². The lowest BCUT2D eigenvalue weighted by atomic mass is 10.1. The second kappa shape index (κ2) is 2.62. The Kier molecular flexibility index (Phi) is 1.52. The average Bonchev–Trinajstić information content (AvgIpc) is 2.96. The Morgan fingerprint density at radius 1 is 1.36 bits per heavy atom. The fourth-order valence-corrected chi connectivity index (χ4v) is 1.83. The van der Waals surface area contributed by atoms with E-state index >= 15 is 0 Å². The maximum absolute atomic E-state index is 12.9. The summed E-state index contributed by atoms with van der Waals surface area (Å²) >= 11 is 0. The lowest BCUT2D eigenvalue weighted by Gasteiger charge is -2.09. The fraction of sp³-hybridized carbons (Fsp3) is 0.455. The highest BCUT2D eigenvalue weighted by Gasteiger charge is 2.44. The predicted octanol–water partition coefficient (Wildman–Crippen LogP) is 2.41. The molecule has 74 valence electrons. The van der Waals surface area contributed by atoms with Crippen LogP contribution >= 0.6 is 0 Å². The van der Waals surface area contributed by atoms with Crippen LogP contribution in [0, 0.1) is 11.2 Å². The number of halogens is 1. The molecule has 1 aliphatic heterocycles. The highest BCUT2D eigenvalue weighted by molar-refractivity contribution is 5.57. The fourth-order valence-electron chi connectivity index (χ4n) is 1.83. The molecule has 1 aromatic carbocycles. The first-order valence-corrected chi connectivity index (χ1v) is 4.94. The molecule has 3 heteroatoms. The van der Waals surface area contributed by atoms with Gasteiger partial charge in [0, 0.05) is 18.0 Å². The molecule has 1 heterocycles.